The SMILES string of the molecule is C=CCC1=C(CC=C)C(CC)C=C1. The summed E-state index contributed by atoms with van der Waals surface area (Å²) in [5.74, 6) is 0.646. The highest BCUT2D eigenvalue weighted by Gasteiger charge is 2.16. The van der Waals surface area contributed by atoms with Gasteiger partial charge in [0.15, 0.2) is 0 Å². The summed E-state index contributed by atoms with van der Waals surface area (Å²) >= 11 is 0. The summed E-state index contributed by atoms with van der Waals surface area (Å²) < 4.78 is 0. The molecule has 0 amide bonds. The van der Waals surface area contributed by atoms with Crippen LogP contribution < -0.4 is 0 Å². The highest BCUT2D eigenvalue weighted by Crippen LogP contribution is 2.32. The van der Waals surface area contributed by atoms with E-state index in [4.69, 9.17) is 0 Å². The lowest BCUT2D eigenvalue weighted by Gasteiger charge is -2.11. The van der Waals surface area contributed by atoms with Crippen LogP contribution in [-0.2, 0) is 0 Å². The van der Waals surface area contributed by atoms with E-state index in [9.17, 15) is 0 Å². The molecule has 1 atom stereocenters. The van der Waals surface area contributed by atoms with Crippen LogP contribution in [0.3, 0.4) is 0 Å². The van der Waals surface area contributed by atoms with Crippen LogP contribution in [0, 0.1) is 5.92 Å². The van der Waals surface area contributed by atoms with E-state index in [1.807, 2.05) is 12.2 Å². The fraction of sp³-hybridized carbons (Fsp3) is 0.385. The van der Waals surface area contributed by atoms with Gasteiger partial charge < -0.3 is 0 Å². The lowest BCUT2D eigenvalue weighted by Crippen LogP contribution is -1.96. The molecule has 0 saturated heterocycles. The summed E-state index contributed by atoms with van der Waals surface area (Å²) in [5.41, 5.74) is 2.99. The van der Waals surface area contributed by atoms with Crippen LogP contribution in [0.15, 0.2) is 48.6 Å². The van der Waals surface area contributed by atoms with E-state index in [-0.39, 0.29) is 0 Å². The highest BCUT2D eigenvalue weighted by molar-refractivity contribution is 5.38. The molecule has 0 fully saturated rings. The van der Waals surface area contributed by atoms with E-state index in [1.54, 1.807) is 0 Å². The molecule has 0 aliphatic heterocycles. The van der Waals surface area contributed by atoms with Gasteiger partial charge in [-0.3, -0.25) is 0 Å². The molecule has 1 aliphatic rings. The Kier molecular flexibility index (Phi) is 3.75. The van der Waals surface area contributed by atoms with Crippen molar-refractivity contribution in [1.82, 2.24) is 0 Å². The first-order valence-electron chi connectivity index (χ1n) is 4.95. The first kappa shape index (κ1) is 10.0. The van der Waals surface area contributed by atoms with Crippen molar-refractivity contribution in [2.75, 3.05) is 0 Å². The maximum atomic E-state index is 3.80. The number of hydrogen-bond donors (Lipinski definition) is 0. The molecule has 0 radical (unpaired) electrons. The van der Waals surface area contributed by atoms with Gasteiger partial charge >= 0.3 is 0 Å². The van der Waals surface area contributed by atoms with Gasteiger partial charge in [-0.2, -0.15) is 0 Å². The molecule has 1 rings (SSSR count). The molecule has 0 nitrogen and oxygen atoms in total. The maximum Gasteiger partial charge on any atom is -0.00136 e. The predicted octanol–water partition coefficient (Wildman–Crippen LogP) is 4.03. The molecule has 0 aromatic rings. The third-order valence-electron chi connectivity index (χ3n) is 2.56. The summed E-state index contributed by atoms with van der Waals surface area (Å²) in [5, 5.41) is 0. The third-order valence-corrected chi connectivity index (χ3v) is 2.56. The second-order valence-corrected chi connectivity index (χ2v) is 3.41. The van der Waals surface area contributed by atoms with E-state index in [2.05, 4.69) is 32.2 Å². The Bertz CT molecular complexity index is 253. The normalized spacial score (nSPS) is 20.8. The summed E-state index contributed by atoms with van der Waals surface area (Å²) in [6.07, 6.45) is 11.7. The van der Waals surface area contributed by atoms with Crippen LogP contribution in [0.5, 0.6) is 0 Å². The van der Waals surface area contributed by atoms with Gasteiger partial charge in [-0.15, -0.1) is 13.2 Å². The van der Waals surface area contributed by atoms with Crippen molar-refractivity contribution in [3.8, 4) is 0 Å². The van der Waals surface area contributed by atoms with Crippen LogP contribution in [0.2, 0.25) is 0 Å². The molecule has 0 heteroatoms. The Labute approximate surface area is 81.4 Å². The van der Waals surface area contributed by atoms with Crippen LogP contribution in [-0.4, -0.2) is 0 Å². The summed E-state index contributed by atoms with van der Waals surface area (Å²) in [7, 11) is 0. The molecule has 0 saturated carbocycles. The minimum absolute atomic E-state index is 0.646. The van der Waals surface area contributed by atoms with E-state index in [0.29, 0.717) is 5.92 Å². The fourth-order valence-electron chi connectivity index (χ4n) is 1.87. The monoisotopic (exact) mass is 174 g/mol. The van der Waals surface area contributed by atoms with Crippen LogP contribution in [0.1, 0.15) is 26.2 Å². The zero-order valence-electron chi connectivity index (χ0n) is 8.42. The standard InChI is InChI=1S/C13H18/c1-4-7-12-10-9-11(6-3)13(12)8-5-2/h4-5,9-11H,1-2,6-8H2,3H3. The quantitative estimate of drug-likeness (QED) is 0.552. The first-order chi connectivity index (χ1) is 6.33. The minimum atomic E-state index is 0.646. The van der Waals surface area contributed by atoms with Gasteiger partial charge in [0.25, 0.3) is 0 Å². The predicted molar refractivity (Wildman–Crippen MR) is 59.6 cm³/mol. The Hall–Kier alpha value is -1.04. The van der Waals surface area contributed by atoms with Crippen molar-refractivity contribution in [3.63, 3.8) is 0 Å². The zero-order chi connectivity index (χ0) is 9.68. The minimum Gasteiger partial charge on any atom is -0.103 e. The summed E-state index contributed by atoms with van der Waals surface area (Å²) in [4.78, 5) is 0. The Balaban J connectivity index is 2.81. The van der Waals surface area contributed by atoms with Gasteiger partial charge in [0.2, 0.25) is 0 Å². The second kappa shape index (κ2) is 4.86. The van der Waals surface area contributed by atoms with Gasteiger partial charge in [0.1, 0.15) is 0 Å². The molecule has 0 N–H and O–H groups in total. The van der Waals surface area contributed by atoms with Gasteiger partial charge in [-0.1, -0.05) is 36.8 Å². The molecule has 1 aliphatic carbocycles. The number of hydrogen-bond acceptors (Lipinski definition) is 0. The van der Waals surface area contributed by atoms with Crippen molar-refractivity contribution in [3.05, 3.63) is 48.6 Å². The molecule has 0 heterocycles. The smallest absolute Gasteiger partial charge is 0.00136 e. The molecule has 1 unspecified atom stereocenters. The molecule has 13 heavy (non-hydrogen) atoms. The zero-order valence-corrected chi connectivity index (χ0v) is 8.42. The van der Waals surface area contributed by atoms with Gasteiger partial charge in [0.05, 0.1) is 0 Å². The van der Waals surface area contributed by atoms with Crippen LogP contribution >= 0.6 is 0 Å². The average Bonchev–Trinajstić information content (AvgIpc) is 2.50. The Morgan fingerprint density at radius 1 is 1.31 bits per heavy atom. The van der Waals surface area contributed by atoms with Gasteiger partial charge in [-0.05, 0) is 30.8 Å². The number of allylic oxidation sites excluding steroid dienone is 6. The lowest BCUT2D eigenvalue weighted by molar-refractivity contribution is 0.717. The molecule has 0 aromatic carbocycles. The highest BCUT2D eigenvalue weighted by atomic mass is 14.2. The maximum absolute atomic E-state index is 3.80. The average molecular weight is 174 g/mol. The van der Waals surface area contributed by atoms with E-state index >= 15 is 0 Å². The molecule has 70 valence electrons. The largest absolute Gasteiger partial charge is 0.103 e. The van der Waals surface area contributed by atoms with E-state index in [1.165, 1.54) is 17.6 Å². The van der Waals surface area contributed by atoms with Crippen molar-refractivity contribution in [2.45, 2.75) is 26.2 Å². The molecule has 0 bridgehead atoms. The third kappa shape index (κ3) is 2.21. The Morgan fingerprint density at radius 2 is 2.00 bits per heavy atom. The van der Waals surface area contributed by atoms with Crippen molar-refractivity contribution >= 4 is 0 Å². The van der Waals surface area contributed by atoms with Gasteiger partial charge in [-0.25, -0.2) is 0 Å². The van der Waals surface area contributed by atoms with Crippen LogP contribution in [0.25, 0.3) is 0 Å². The molecule has 0 spiro atoms. The van der Waals surface area contributed by atoms with Crippen molar-refractivity contribution < 1.29 is 0 Å². The number of rotatable bonds is 5. The summed E-state index contributed by atoms with van der Waals surface area (Å²) in [6, 6.07) is 0. The van der Waals surface area contributed by atoms with Crippen molar-refractivity contribution in [2.24, 2.45) is 5.92 Å². The topological polar surface area (TPSA) is 0 Å². The molecular formula is C13H18. The first-order valence-corrected chi connectivity index (χ1v) is 4.95. The fourth-order valence-corrected chi connectivity index (χ4v) is 1.87. The van der Waals surface area contributed by atoms with Crippen LogP contribution in [0.4, 0.5) is 0 Å². The van der Waals surface area contributed by atoms with E-state index in [0.717, 1.165) is 12.8 Å². The Morgan fingerprint density at radius 3 is 2.54 bits per heavy atom. The molecular weight excluding hydrogens is 156 g/mol. The summed E-state index contributed by atoms with van der Waals surface area (Å²) in [6.45, 7) is 9.81. The molecule has 0 aromatic heterocycles. The lowest BCUT2D eigenvalue weighted by atomic mass is 9.94. The van der Waals surface area contributed by atoms with Crippen molar-refractivity contribution in [1.29, 1.82) is 0 Å². The van der Waals surface area contributed by atoms with E-state index < -0.39 is 0 Å². The van der Waals surface area contributed by atoms with Gasteiger partial charge in [0, 0.05) is 0 Å². The second-order valence-electron chi connectivity index (χ2n) is 3.41.